The van der Waals surface area contributed by atoms with Crippen LogP contribution in [0.3, 0.4) is 0 Å². The van der Waals surface area contributed by atoms with E-state index in [2.05, 4.69) is 0 Å². The van der Waals surface area contributed by atoms with Crippen molar-refractivity contribution in [1.29, 1.82) is 0 Å². The van der Waals surface area contributed by atoms with Gasteiger partial charge in [0.2, 0.25) is 0 Å². The SMILES string of the molecule is CCOC(=O)C1=C(c2ccccc2)N=c2sc(=Cc3ccc(OC)cc3OC)c(=O)n2C1c1cccc(OC)c1OC. The topological polar surface area (TPSA) is 97.6 Å². The molecule has 0 saturated heterocycles. The summed E-state index contributed by atoms with van der Waals surface area (Å²) in [7, 11) is 6.19. The maximum Gasteiger partial charge on any atom is 0.338 e. The van der Waals surface area contributed by atoms with E-state index < -0.39 is 12.0 Å². The van der Waals surface area contributed by atoms with Crippen molar-refractivity contribution in [2.24, 2.45) is 4.99 Å². The minimum absolute atomic E-state index is 0.147. The number of carbonyl (C=O) groups excluding carboxylic acids is 1. The Morgan fingerprint density at radius 2 is 1.69 bits per heavy atom. The molecule has 3 aromatic carbocycles. The Kier molecular flexibility index (Phi) is 8.44. The summed E-state index contributed by atoms with van der Waals surface area (Å²) in [4.78, 5) is 33.2. The molecule has 0 fully saturated rings. The molecule has 1 aliphatic rings. The van der Waals surface area contributed by atoms with Gasteiger partial charge in [-0.15, -0.1) is 0 Å². The van der Waals surface area contributed by atoms with Crippen molar-refractivity contribution in [3.8, 4) is 23.0 Å². The van der Waals surface area contributed by atoms with Gasteiger partial charge in [0.05, 0.1) is 50.8 Å². The quantitative estimate of drug-likeness (QED) is 0.274. The number of rotatable bonds is 9. The van der Waals surface area contributed by atoms with Gasteiger partial charge in [-0.3, -0.25) is 9.36 Å². The first-order valence-electron chi connectivity index (χ1n) is 13.2. The summed E-state index contributed by atoms with van der Waals surface area (Å²) in [6.45, 7) is 1.88. The molecule has 0 spiro atoms. The zero-order chi connectivity index (χ0) is 29.8. The van der Waals surface area contributed by atoms with E-state index >= 15 is 0 Å². The van der Waals surface area contributed by atoms with E-state index in [1.165, 1.54) is 30.1 Å². The minimum atomic E-state index is -0.916. The Morgan fingerprint density at radius 1 is 0.929 bits per heavy atom. The number of hydrogen-bond donors (Lipinski definition) is 0. The summed E-state index contributed by atoms with van der Waals surface area (Å²) >= 11 is 1.22. The Hall–Kier alpha value is -4.83. The fourth-order valence-electron chi connectivity index (χ4n) is 4.94. The summed E-state index contributed by atoms with van der Waals surface area (Å²) in [5.41, 5.74) is 2.25. The van der Waals surface area contributed by atoms with Crippen LogP contribution in [0, 0.1) is 0 Å². The molecule has 0 saturated carbocycles. The normalized spacial score (nSPS) is 14.6. The van der Waals surface area contributed by atoms with Crippen molar-refractivity contribution in [2.75, 3.05) is 35.0 Å². The van der Waals surface area contributed by atoms with E-state index in [-0.39, 0.29) is 17.7 Å². The highest BCUT2D eigenvalue weighted by atomic mass is 32.1. The second-order valence-electron chi connectivity index (χ2n) is 9.12. The largest absolute Gasteiger partial charge is 0.497 e. The van der Waals surface area contributed by atoms with E-state index in [1.807, 2.05) is 42.5 Å². The summed E-state index contributed by atoms with van der Waals surface area (Å²) in [6, 6.07) is 19.2. The van der Waals surface area contributed by atoms with E-state index in [0.29, 0.717) is 54.7 Å². The van der Waals surface area contributed by atoms with E-state index in [9.17, 15) is 9.59 Å². The summed E-state index contributed by atoms with van der Waals surface area (Å²) in [5.74, 6) is 1.45. The maximum atomic E-state index is 14.2. The second-order valence-corrected chi connectivity index (χ2v) is 10.1. The van der Waals surface area contributed by atoms with Crippen LogP contribution in [0.5, 0.6) is 23.0 Å². The van der Waals surface area contributed by atoms with Crippen molar-refractivity contribution >= 4 is 29.1 Å². The fraction of sp³-hybridized carbons (Fsp3) is 0.219. The van der Waals surface area contributed by atoms with Crippen LogP contribution in [0.25, 0.3) is 11.8 Å². The molecule has 0 aliphatic carbocycles. The molecule has 42 heavy (non-hydrogen) atoms. The molecule has 10 heteroatoms. The third kappa shape index (κ3) is 5.16. The summed E-state index contributed by atoms with van der Waals surface area (Å²) in [5, 5.41) is 0. The number of aromatic nitrogens is 1. The Bertz CT molecular complexity index is 1840. The van der Waals surface area contributed by atoms with Gasteiger partial charge in [0.25, 0.3) is 5.56 Å². The molecule has 0 N–H and O–H groups in total. The number of thiazole rings is 1. The number of hydrogen-bond acceptors (Lipinski definition) is 9. The second kappa shape index (κ2) is 12.4. The fourth-order valence-corrected chi connectivity index (χ4v) is 5.93. The van der Waals surface area contributed by atoms with Gasteiger partial charge in [0.15, 0.2) is 16.3 Å². The van der Waals surface area contributed by atoms with Crippen molar-refractivity contribution in [3.63, 3.8) is 0 Å². The third-order valence-corrected chi connectivity index (χ3v) is 7.81. The first kappa shape index (κ1) is 28.7. The smallest absolute Gasteiger partial charge is 0.338 e. The lowest BCUT2D eigenvalue weighted by atomic mass is 9.92. The molecule has 216 valence electrons. The van der Waals surface area contributed by atoms with Gasteiger partial charge in [-0.2, -0.15) is 0 Å². The molecule has 1 aromatic heterocycles. The maximum absolute atomic E-state index is 14.2. The van der Waals surface area contributed by atoms with Gasteiger partial charge in [-0.05, 0) is 31.2 Å². The average Bonchev–Trinajstić information content (AvgIpc) is 3.34. The van der Waals surface area contributed by atoms with E-state index in [0.717, 1.165) is 0 Å². The summed E-state index contributed by atoms with van der Waals surface area (Å²) in [6.07, 6.45) is 1.75. The van der Waals surface area contributed by atoms with Crippen LogP contribution in [-0.4, -0.2) is 45.6 Å². The molecule has 5 rings (SSSR count). The first-order valence-corrected chi connectivity index (χ1v) is 14.0. The van der Waals surface area contributed by atoms with Gasteiger partial charge in [0.1, 0.15) is 17.5 Å². The monoisotopic (exact) mass is 586 g/mol. The lowest BCUT2D eigenvalue weighted by Crippen LogP contribution is -2.40. The summed E-state index contributed by atoms with van der Waals surface area (Å²) < 4.78 is 29.7. The van der Waals surface area contributed by atoms with Gasteiger partial charge < -0.3 is 23.7 Å². The predicted molar refractivity (Wildman–Crippen MR) is 160 cm³/mol. The van der Waals surface area contributed by atoms with Crippen LogP contribution in [0.2, 0.25) is 0 Å². The molecule has 0 amide bonds. The number of esters is 1. The molecule has 9 nitrogen and oxygen atoms in total. The van der Waals surface area contributed by atoms with Crippen molar-refractivity contribution in [3.05, 3.63) is 109 Å². The predicted octanol–water partition coefficient (Wildman–Crippen LogP) is 3.97. The number of fused-ring (bicyclic) bond motifs is 1. The highest BCUT2D eigenvalue weighted by molar-refractivity contribution is 7.07. The van der Waals surface area contributed by atoms with Crippen LogP contribution < -0.4 is 33.8 Å². The zero-order valence-electron chi connectivity index (χ0n) is 23.9. The molecule has 1 atom stereocenters. The number of methoxy groups -OCH3 is 4. The molecule has 4 aromatic rings. The lowest BCUT2D eigenvalue weighted by Gasteiger charge is -2.27. The highest BCUT2D eigenvalue weighted by Crippen LogP contribution is 2.42. The lowest BCUT2D eigenvalue weighted by molar-refractivity contribution is -0.138. The zero-order valence-corrected chi connectivity index (χ0v) is 24.7. The Morgan fingerprint density at radius 3 is 2.36 bits per heavy atom. The minimum Gasteiger partial charge on any atom is -0.497 e. The third-order valence-electron chi connectivity index (χ3n) is 6.83. The molecular weight excluding hydrogens is 556 g/mol. The number of nitrogens with zero attached hydrogens (tertiary/aromatic N) is 2. The average molecular weight is 587 g/mol. The van der Waals surface area contributed by atoms with Crippen molar-refractivity contribution in [2.45, 2.75) is 13.0 Å². The number of ether oxygens (including phenoxy) is 5. The van der Waals surface area contributed by atoms with E-state index in [4.69, 9.17) is 28.7 Å². The molecule has 1 unspecified atom stereocenters. The van der Waals surface area contributed by atoms with Gasteiger partial charge in [-0.1, -0.05) is 53.8 Å². The van der Waals surface area contributed by atoms with Crippen LogP contribution >= 0.6 is 11.3 Å². The standard InChI is InChI=1S/C32H30N2O7S/c1-6-41-31(36)26-27(19-11-8-7-9-12-19)33-32-34(28(26)22-13-10-14-23(38-3)29(22)40-5)30(35)25(42-32)17-20-15-16-21(37-2)18-24(20)39-4/h7-18,28H,6H2,1-5H3. The molecule has 0 bridgehead atoms. The van der Waals surface area contributed by atoms with E-state index in [1.54, 1.807) is 51.5 Å². The molecule has 0 radical (unpaired) electrons. The number of para-hydroxylation sites is 1. The Labute approximate surface area is 246 Å². The number of carbonyl (C=O) groups is 1. The van der Waals surface area contributed by atoms with Crippen LogP contribution in [0.15, 0.2) is 82.1 Å². The van der Waals surface area contributed by atoms with Crippen molar-refractivity contribution in [1.82, 2.24) is 4.57 Å². The van der Waals surface area contributed by atoms with Crippen LogP contribution in [0.4, 0.5) is 0 Å². The van der Waals surface area contributed by atoms with Gasteiger partial charge in [-0.25, -0.2) is 9.79 Å². The molecule has 1 aliphatic heterocycles. The van der Waals surface area contributed by atoms with Crippen LogP contribution in [-0.2, 0) is 9.53 Å². The van der Waals surface area contributed by atoms with Crippen LogP contribution in [0.1, 0.15) is 29.7 Å². The first-order chi connectivity index (χ1) is 20.4. The van der Waals surface area contributed by atoms with Crippen molar-refractivity contribution < 1.29 is 28.5 Å². The highest BCUT2D eigenvalue weighted by Gasteiger charge is 2.37. The number of benzene rings is 3. The Balaban J connectivity index is 1.87. The van der Waals surface area contributed by atoms with Gasteiger partial charge >= 0.3 is 5.97 Å². The molecule has 2 heterocycles. The van der Waals surface area contributed by atoms with Gasteiger partial charge in [0, 0.05) is 22.8 Å². The molecular formula is C32H30N2O7S.